The van der Waals surface area contributed by atoms with Crippen LogP contribution in [0.1, 0.15) is 176 Å². The van der Waals surface area contributed by atoms with Crippen LogP contribution >= 0.6 is 15.8 Å². The van der Waals surface area contributed by atoms with Gasteiger partial charge in [-0.05, 0) is 43.8 Å². The molecule has 0 nitrogen and oxygen atoms in total. The smallest absolute Gasteiger partial charge is 0.343 e. The van der Waals surface area contributed by atoms with E-state index in [4.69, 9.17) is 0 Å². The second-order valence-electron chi connectivity index (χ2n) is 17.0. The molecule has 0 aliphatic heterocycles. The molecule has 0 amide bonds. The topological polar surface area (TPSA) is 0 Å². The van der Waals surface area contributed by atoms with Gasteiger partial charge in [0.25, 0.3) is 0 Å². The van der Waals surface area contributed by atoms with Gasteiger partial charge in [0.05, 0.1) is 0 Å². The number of unbranched alkanes of at least 4 members (excludes halogenated alkanes) is 6. The zero-order chi connectivity index (χ0) is 33.2. The van der Waals surface area contributed by atoms with Gasteiger partial charge in [-0.15, -0.1) is 13.2 Å². The molecular weight excluding hydrogens is 713 g/mol. The summed E-state index contributed by atoms with van der Waals surface area (Å²) in [7, 11) is 0.0324. The van der Waals surface area contributed by atoms with Crippen molar-refractivity contribution in [3.63, 3.8) is 0 Å². The van der Waals surface area contributed by atoms with E-state index in [1.807, 2.05) is 12.2 Å². The molecular formula is C38H80P2Pt. The number of hydrogen-bond donors (Lipinski definition) is 0. The van der Waals surface area contributed by atoms with Gasteiger partial charge in [0.15, 0.2) is 0 Å². The van der Waals surface area contributed by atoms with Crippen molar-refractivity contribution in [3.05, 3.63) is 39.2 Å². The third-order valence-corrected chi connectivity index (χ3v) is 13.9. The second-order valence-corrected chi connectivity index (χ2v) is 26.4. The van der Waals surface area contributed by atoms with Crippen molar-refractivity contribution < 1.29 is 21.1 Å². The van der Waals surface area contributed by atoms with Gasteiger partial charge in [0.2, 0.25) is 0 Å². The van der Waals surface area contributed by atoms with Crippen molar-refractivity contribution >= 4 is 15.8 Å². The molecule has 0 aliphatic rings. The standard InChI is InChI=1S/2C12H27P.2C7H13.Pt/c2*1-10(2,3)13(11(4,5)6)12(7,8)9;2*1-3-5-7-6-4-2;/h2*1-9H3;2*3H,1-2,4-7H2;/q;;2*-1;+2. The Morgan fingerprint density at radius 3 is 0.659 bits per heavy atom. The van der Waals surface area contributed by atoms with Crippen molar-refractivity contribution in [2.75, 3.05) is 0 Å². The van der Waals surface area contributed by atoms with E-state index in [9.17, 15) is 0 Å². The zero-order valence-electron chi connectivity index (χ0n) is 31.9. The predicted octanol–water partition coefficient (Wildman–Crippen LogP) is 14.9. The fourth-order valence-electron chi connectivity index (χ4n) is 6.97. The molecule has 0 atom stereocenters. The maximum Gasteiger partial charge on any atom is 2.00 e. The summed E-state index contributed by atoms with van der Waals surface area (Å²) in [5.41, 5.74) is 0. The van der Waals surface area contributed by atoms with Crippen LogP contribution in [0.25, 0.3) is 0 Å². The van der Waals surface area contributed by atoms with E-state index in [1.54, 1.807) is 0 Å². The molecule has 0 radical (unpaired) electrons. The van der Waals surface area contributed by atoms with Gasteiger partial charge in [-0.25, -0.2) is 0 Å². The Balaban J connectivity index is -0.000000145. The Morgan fingerprint density at radius 1 is 0.415 bits per heavy atom. The first-order valence-electron chi connectivity index (χ1n) is 16.0. The Labute approximate surface area is 281 Å². The van der Waals surface area contributed by atoms with E-state index in [0.29, 0.717) is 30.9 Å². The molecule has 0 saturated heterocycles. The van der Waals surface area contributed by atoms with Crippen LogP contribution in [0.4, 0.5) is 0 Å². The number of hydrogen-bond acceptors (Lipinski definition) is 0. The minimum Gasteiger partial charge on any atom is -0.343 e. The fraction of sp³-hybridized carbons (Fsp3) is 0.842. The van der Waals surface area contributed by atoms with E-state index in [-0.39, 0.29) is 36.9 Å². The first-order chi connectivity index (χ1) is 17.6. The van der Waals surface area contributed by atoms with Crippen molar-refractivity contribution in [2.45, 2.75) is 207 Å². The van der Waals surface area contributed by atoms with E-state index >= 15 is 0 Å². The molecule has 0 heterocycles. The van der Waals surface area contributed by atoms with Crippen LogP contribution in [-0.2, 0) is 21.1 Å². The van der Waals surface area contributed by atoms with Gasteiger partial charge >= 0.3 is 21.1 Å². The van der Waals surface area contributed by atoms with Gasteiger partial charge < -0.3 is 13.8 Å². The maximum absolute atomic E-state index is 3.72. The Bertz CT molecular complexity index is 485. The largest absolute Gasteiger partial charge is 2.00 e. The Morgan fingerprint density at radius 2 is 0.585 bits per heavy atom. The second kappa shape index (κ2) is 23.4. The fourth-order valence-corrected chi connectivity index (χ4v) is 19.0. The van der Waals surface area contributed by atoms with Gasteiger partial charge in [0.1, 0.15) is 0 Å². The van der Waals surface area contributed by atoms with Crippen LogP contribution in [0.3, 0.4) is 0 Å². The molecule has 0 fully saturated rings. The average molecular weight is 794 g/mol. The van der Waals surface area contributed by atoms with Crippen LogP contribution in [0.5, 0.6) is 0 Å². The molecule has 0 spiro atoms. The van der Waals surface area contributed by atoms with Gasteiger partial charge in [-0.1, -0.05) is 178 Å². The molecule has 0 rings (SSSR count). The summed E-state index contributed by atoms with van der Waals surface area (Å²) in [6, 6.07) is 0. The van der Waals surface area contributed by atoms with Crippen molar-refractivity contribution in [1.82, 2.24) is 0 Å². The van der Waals surface area contributed by atoms with Crippen LogP contribution in [0.2, 0.25) is 0 Å². The first kappa shape index (κ1) is 51.6. The third-order valence-electron chi connectivity index (χ3n) is 5.84. The molecule has 0 aromatic rings. The third kappa shape index (κ3) is 30.8. The minimum atomic E-state index is 0. The predicted molar refractivity (Wildman–Crippen MR) is 200 cm³/mol. The van der Waals surface area contributed by atoms with Crippen LogP contribution in [-0.4, -0.2) is 30.9 Å². The van der Waals surface area contributed by atoms with Crippen molar-refractivity contribution in [2.24, 2.45) is 0 Å². The number of allylic oxidation sites excluding steroid dienone is 2. The molecule has 0 saturated carbocycles. The maximum atomic E-state index is 3.72. The van der Waals surface area contributed by atoms with E-state index in [0.717, 1.165) is 25.7 Å². The molecule has 0 aromatic carbocycles. The molecule has 3 heteroatoms. The Hall–Kier alpha value is 1.03. The van der Waals surface area contributed by atoms with Gasteiger partial charge in [-0.2, -0.15) is 12.8 Å². The van der Waals surface area contributed by atoms with Crippen LogP contribution < -0.4 is 0 Å². The molecule has 0 bridgehead atoms. The van der Waals surface area contributed by atoms with E-state index in [1.165, 1.54) is 25.7 Å². The Kier molecular flexibility index (Phi) is 29.4. The van der Waals surface area contributed by atoms with E-state index < -0.39 is 0 Å². The normalized spacial score (nSPS) is 12.6. The van der Waals surface area contributed by atoms with Crippen LogP contribution in [0.15, 0.2) is 25.3 Å². The summed E-state index contributed by atoms with van der Waals surface area (Å²) >= 11 is 0. The quantitative estimate of drug-likeness (QED) is 0.0994. The van der Waals surface area contributed by atoms with Crippen LogP contribution in [0, 0.1) is 13.8 Å². The summed E-state index contributed by atoms with van der Waals surface area (Å²) in [6.45, 7) is 57.6. The molecule has 252 valence electrons. The zero-order valence-corrected chi connectivity index (χ0v) is 35.9. The molecule has 0 aromatic heterocycles. The van der Waals surface area contributed by atoms with Crippen molar-refractivity contribution in [3.8, 4) is 0 Å². The average Bonchev–Trinajstić information content (AvgIpc) is 2.63. The SMILES string of the molecule is C=CCCCC[CH2-].C=CCCCC[CH2-].CC(C)(C)P(C(C)(C)C)C(C)(C)C.CC(C)(C)P(C(C)(C)C)C(C)(C)C.[Pt+2]. The summed E-state index contributed by atoms with van der Waals surface area (Å²) in [6.07, 6.45) is 13.3. The van der Waals surface area contributed by atoms with Gasteiger partial charge in [0, 0.05) is 0 Å². The minimum absolute atomic E-state index is 0. The van der Waals surface area contributed by atoms with Crippen molar-refractivity contribution in [1.29, 1.82) is 0 Å². The summed E-state index contributed by atoms with van der Waals surface area (Å²) in [5.74, 6) is 0. The summed E-state index contributed by atoms with van der Waals surface area (Å²) in [5, 5.41) is 2.70. The number of rotatable bonds is 8. The first-order valence-corrected chi connectivity index (χ1v) is 18.7. The molecule has 0 N–H and O–H groups in total. The molecule has 41 heavy (non-hydrogen) atoms. The monoisotopic (exact) mass is 794 g/mol. The molecule has 0 unspecified atom stereocenters. The van der Waals surface area contributed by atoms with Gasteiger partial charge in [-0.3, -0.25) is 0 Å². The molecule has 0 aliphatic carbocycles. The van der Waals surface area contributed by atoms with E-state index in [2.05, 4.69) is 152 Å². The summed E-state index contributed by atoms with van der Waals surface area (Å²) < 4.78 is 0. The summed E-state index contributed by atoms with van der Waals surface area (Å²) in [4.78, 5) is 0.